The molecule has 0 bridgehead atoms. The predicted octanol–water partition coefficient (Wildman–Crippen LogP) is 6.15. The maximum Gasteiger partial charge on any atom is 0.416 e. The van der Waals surface area contributed by atoms with Gasteiger partial charge in [0.15, 0.2) is 0 Å². The molecule has 0 aliphatic carbocycles. The Labute approximate surface area is 229 Å². The van der Waals surface area contributed by atoms with Crippen LogP contribution in [0, 0.1) is 11.3 Å². The maximum atomic E-state index is 13.3. The number of aromatic nitrogens is 4. The lowest BCUT2D eigenvalue weighted by atomic mass is 9.98. The summed E-state index contributed by atoms with van der Waals surface area (Å²) in [6.07, 6.45) is -0.398. The third kappa shape index (κ3) is 5.75. The molecule has 0 saturated carbocycles. The van der Waals surface area contributed by atoms with Crippen LogP contribution >= 0.6 is 11.5 Å². The highest BCUT2D eigenvalue weighted by molar-refractivity contribution is 7.93. The molecular weight excluding hydrogens is 565 g/mol. The van der Waals surface area contributed by atoms with E-state index < -0.39 is 21.8 Å². The fourth-order valence-electron chi connectivity index (χ4n) is 3.71. The molecule has 5 rings (SSSR count). The minimum atomic E-state index is -4.50. The molecule has 14 heteroatoms. The lowest BCUT2D eigenvalue weighted by Crippen LogP contribution is -2.13. The molecule has 5 aromatic rings. The summed E-state index contributed by atoms with van der Waals surface area (Å²) in [4.78, 5) is 3.60. The third-order valence-electron chi connectivity index (χ3n) is 5.58. The minimum Gasteiger partial charge on any atom is -0.455 e. The molecular formula is C26H15F3N6O3S2. The molecule has 0 atom stereocenters. The summed E-state index contributed by atoms with van der Waals surface area (Å²) in [5.41, 5.74) is 0.976. The predicted molar refractivity (Wildman–Crippen MR) is 140 cm³/mol. The van der Waals surface area contributed by atoms with E-state index in [1.54, 1.807) is 30.3 Å². The average molecular weight is 581 g/mol. The number of benzene rings is 3. The first-order valence-electron chi connectivity index (χ1n) is 11.2. The van der Waals surface area contributed by atoms with Gasteiger partial charge in [-0.2, -0.15) is 33.0 Å². The van der Waals surface area contributed by atoms with E-state index in [1.165, 1.54) is 36.9 Å². The SMILES string of the molecule is N#Cc1cc(S(=O)(=O)Nc2ncns2)ccc1Oc1ccc(-c2cccc(C(F)(F)F)c2)cc1-c1ccnnc1. The molecule has 0 fully saturated rings. The largest absolute Gasteiger partial charge is 0.455 e. The second-order valence-corrected chi connectivity index (χ2v) is 10.6. The zero-order valence-electron chi connectivity index (χ0n) is 20.0. The van der Waals surface area contributed by atoms with Crippen molar-refractivity contribution >= 4 is 26.7 Å². The summed E-state index contributed by atoms with van der Waals surface area (Å²) in [6, 6.07) is 17.0. The van der Waals surface area contributed by atoms with Gasteiger partial charge in [-0.05, 0) is 59.7 Å². The van der Waals surface area contributed by atoms with Crippen molar-refractivity contribution in [2.45, 2.75) is 11.1 Å². The van der Waals surface area contributed by atoms with Crippen molar-refractivity contribution in [1.82, 2.24) is 19.6 Å². The Morgan fingerprint density at radius 2 is 1.73 bits per heavy atom. The van der Waals surface area contributed by atoms with Crippen LogP contribution in [0.1, 0.15) is 11.1 Å². The summed E-state index contributed by atoms with van der Waals surface area (Å²) in [6.45, 7) is 0. The number of hydrogen-bond donors (Lipinski definition) is 1. The van der Waals surface area contributed by atoms with Gasteiger partial charge in [0.05, 0.1) is 28.4 Å². The van der Waals surface area contributed by atoms with Crippen molar-refractivity contribution < 1.29 is 26.3 Å². The Hall–Kier alpha value is -4.87. The van der Waals surface area contributed by atoms with E-state index in [0.717, 1.165) is 29.7 Å². The molecule has 0 unspecified atom stereocenters. The van der Waals surface area contributed by atoms with Crippen LogP contribution in [0.15, 0.2) is 90.3 Å². The summed E-state index contributed by atoms with van der Waals surface area (Å²) in [5.74, 6) is 0.315. The second kappa shape index (κ2) is 10.7. The molecule has 2 aromatic heterocycles. The Balaban J connectivity index is 1.53. The van der Waals surface area contributed by atoms with Crippen LogP contribution in [0.5, 0.6) is 11.5 Å². The van der Waals surface area contributed by atoms with Gasteiger partial charge in [0.2, 0.25) is 5.13 Å². The number of rotatable bonds is 7. The summed E-state index contributed by atoms with van der Waals surface area (Å²) in [7, 11) is -4.05. The molecule has 0 saturated heterocycles. The molecule has 3 aromatic carbocycles. The molecule has 0 radical (unpaired) electrons. The van der Waals surface area contributed by atoms with E-state index in [2.05, 4.69) is 24.3 Å². The van der Waals surface area contributed by atoms with Gasteiger partial charge in [-0.15, -0.1) is 0 Å². The van der Waals surface area contributed by atoms with Gasteiger partial charge in [0.1, 0.15) is 23.9 Å². The molecule has 2 heterocycles. The highest BCUT2D eigenvalue weighted by Gasteiger charge is 2.30. The normalized spacial score (nSPS) is 11.6. The molecule has 9 nitrogen and oxygen atoms in total. The van der Waals surface area contributed by atoms with Crippen molar-refractivity contribution in [1.29, 1.82) is 5.26 Å². The zero-order valence-corrected chi connectivity index (χ0v) is 21.6. The van der Waals surface area contributed by atoms with Crippen molar-refractivity contribution in [2.24, 2.45) is 0 Å². The number of nitrogens with one attached hydrogen (secondary N) is 1. The van der Waals surface area contributed by atoms with Gasteiger partial charge in [-0.3, -0.25) is 4.72 Å². The van der Waals surface area contributed by atoms with Crippen LogP contribution in [0.2, 0.25) is 0 Å². The molecule has 0 aliphatic rings. The van der Waals surface area contributed by atoms with Gasteiger partial charge in [-0.1, -0.05) is 18.2 Å². The Kier molecular flexibility index (Phi) is 7.16. The highest BCUT2D eigenvalue weighted by Crippen LogP contribution is 2.39. The quantitative estimate of drug-likeness (QED) is 0.243. The van der Waals surface area contributed by atoms with Crippen LogP contribution in [-0.4, -0.2) is 28.0 Å². The van der Waals surface area contributed by atoms with Crippen molar-refractivity contribution in [3.63, 3.8) is 0 Å². The van der Waals surface area contributed by atoms with E-state index >= 15 is 0 Å². The Morgan fingerprint density at radius 1 is 0.925 bits per heavy atom. The number of hydrogen-bond acceptors (Lipinski definition) is 9. The Bertz CT molecular complexity index is 1830. The summed E-state index contributed by atoms with van der Waals surface area (Å²) >= 11 is 0.854. The molecule has 1 N–H and O–H groups in total. The number of anilines is 1. The smallest absolute Gasteiger partial charge is 0.416 e. The van der Waals surface area contributed by atoms with Gasteiger partial charge in [0.25, 0.3) is 10.0 Å². The zero-order chi connectivity index (χ0) is 28.3. The van der Waals surface area contributed by atoms with E-state index in [0.29, 0.717) is 22.3 Å². The molecule has 0 amide bonds. The third-order valence-corrected chi connectivity index (χ3v) is 7.63. The first-order valence-corrected chi connectivity index (χ1v) is 13.5. The molecule has 40 heavy (non-hydrogen) atoms. The summed E-state index contributed by atoms with van der Waals surface area (Å²) < 4.78 is 77.4. The standard InChI is InChI=1S/C26H15F3N6O3S2/c27-26(28,29)20-3-1-2-16(10-20)17-4-6-24(22(12-17)18-8-9-32-33-14-18)38-23-7-5-21(11-19(23)13-30)40(36,37)35-25-31-15-34-39-25/h1-12,14-15H,(H,31,34,35). The van der Waals surface area contributed by atoms with Crippen LogP contribution < -0.4 is 9.46 Å². The fourth-order valence-corrected chi connectivity index (χ4v) is 5.40. The second-order valence-electron chi connectivity index (χ2n) is 8.14. The van der Waals surface area contributed by atoms with Gasteiger partial charge >= 0.3 is 6.18 Å². The number of ether oxygens (including phenoxy) is 1. The highest BCUT2D eigenvalue weighted by atomic mass is 32.2. The number of nitriles is 1. The number of nitrogens with zero attached hydrogens (tertiary/aromatic N) is 5. The van der Waals surface area contributed by atoms with E-state index in [-0.39, 0.29) is 27.1 Å². The first-order chi connectivity index (χ1) is 19.1. The molecule has 0 aliphatic heterocycles. The maximum absolute atomic E-state index is 13.3. The Morgan fingerprint density at radius 3 is 2.42 bits per heavy atom. The first kappa shape index (κ1) is 26.7. The van der Waals surface area contributed by atoms with Crippen LogP contribution in [-0.2, 0) is 16.2 Å². The lowest BCUT2D eigenvalue weighted by molar-refractivity contribution is -0.137. The van der Waals surface area contributed by atoms with Gasteiger partial charge in [0, 0.05) is 22.7 Å². The number of alkyl halides is 3. The molecule has 0 spiro atoms. The van der Waals surface area contributed by atoms with Crippen LogP contribution in [0.3, 0.4) is 0 Å². The van der Waals surface area contributed by atoms with Crippen molar-refractivity contribution in [3.05, 3.63) is 96.6 Å². The van der Waals surface area contributed by atoms with E-state index in [4.69, 9.17) is 4.74 Å². The van der Waals surface area contributed by atoms with Crippen molar-refractivity contribution in [3.8, 4) is 39.8 Å². The number of halogens is 3. The molecule has 200 valence electrons. The minimum absolute atomic E-state index is 0.0625. The topological polar surface area (TPSA) is 131 Å². The van der Waals surface area contributed by atoms with E-state index in [9.17, 15) is 26.9 Å². The van der Waals surface area contributed by atoms with Crippen molar-refractivity contribution in [2.75, 3.05) is 4.72 Å². The summed E-state index contributed by atoms with van der Waals surface area (Å²) in [5, 5.41) is 17.4. The van der Waals surface area contributed by atoms with E-state index in [1.807, 2.05) is 6.07 Å². The van der Waals surface area contributed by atoms with Crippen LogP contribution in [0.4, 0.5) is 18.3 Å². The van der Waals surface area contributed by atoms with Gasteiger partial charge in [-0.25, -0.2) is 13.4 Å². The average Bonchev–Trinajstić information content (AvgIpc) is 3.46. The number of sulfonamides is 1. The fraction of sp³-hybridized carbons (Fsp3) is 0.0385. The van der Waals surface area contributed by atoms with Crippen LogP contribution in [0.25, 0.3) is 22.3 Å². The van der Waals surface area contributed by atoms with Gasteiger partial charge < -0.3 is 4.74 Å². The monoisotopic (exact) mass is 580 g/mol. The lowest BCUT2D eigenvalue weighted by Gasteiger charge is -2.15.